The number of hydrogen-bond donors (Lipinski definition) is 1. The van der Waals surface area contributed by atoms with Crippen LogP contribution in [0.4, 0.5) is 0 Å². The van der Waals surface area contributed by atoms with E-state index in [2.05, 4.69) is 90.2 Å². The molecular formula is C37H25N3O. The monoisotopic (exact) mass is 527 g/mol. The molecule has 0 saturated heterocycles. The third-order valence-corrected chi connectivity index (χ3v) is 7.72. The molecule has 1 aliphatic rings. The van der Waals surface area contributed by atoms with Crippen LogP contribution < -0.4 is 5.32 Å². The van der Waals surface area contributed by atoms with Crippen LogP contribution in [0, 0.1) is 0 Å². The lowest BCUT2D eigenvalue weighted by molar-refractivity contribution is 0.668. The molecule has 6 aromatic carbocycles. The fourth-order valence-electron chi connectivity index (χ4n) is 5.69. The number of hydrogen-bond acceptors (Lipinski definition) is 4. The first-order valence-electron chi connectivity index (χ1n) is 13.8. The Bertz CT molecular complexity index is 2120. The van der Waals surface area contributed by atoms with Crippen molar-refractivity contribution in [3.63, 3.8) is 0 Å². The summed E-state index contributed by atoms with van der Waals surface area (Å²) in [4.78, 5) is 10.2. The summed E-state index contributed by atoms with van der Waals surface area (Å²) in [6.45, 7) is 0. The van der Waals surface area contributed by atoms with E-state index in [0.29, 0.717) is 5.84 Å². The summed E-state index contributed by atoms with van der Waals surface area (Å²) >= 11 is 0. The lowest BCUT2D eigenvalue weighted by Crippen LogP contribution is -2.33. The highest BCUT2D eigenvalue weighted by Crippen LogP contribution is 2.33. The third kappa shape index (κ3) is 4.17. The topological polar surface area (TPSA) is 49.9 Å². The molecule has 1 unspecified atom stereocenters. The molecular weight excluding hydrogens is 502 g/mol. The van der Waals surface area contributed by atoms with Crippen molar-refractivity contribution in [1.29, 1.82) is 0 Å². The first kappa shape index (κ1) is 23.4. The number of benzene rings is 6. The largest absolute Gasteiger partial charge is 0.456 e. The SMILES string of the molecule is c1ccc(C2=NC(c3ccc4cc(-c5ccccc5)ccc4c3)NC(c3cccc4oc5ccccc5c34)=N2)cc1. The average molecular weight is 528 g/mol. The zero-order valence-corrected chi connectivity index (χ0v) is 22.2. The second-order valence-corrected chi connectivity index (χ2v) is 10.3. The maximum Gasteiger partial charge on any atom is 0.159 e. The van der Waals surface area contributed by atoms with Crippen LogP contribution in [0.3, 0.4) is 0 Å². The van der Waals surface area contributed by atoms with Gasteiger partial charge in [0.25, 0.3) is 0 Å². The number of para-hydroxylation sites is 1. The Hall–Kier alpha value is -5.48. The van der Waals surface area contributed by atoms with Gasteiger partial charge in [0.2, 0.25) is 0 Å². The van der Waals surface area contributed by atoms with E-state index in [-0.39, 0.29) is 6.17 Å². The van der Waals surface area contributed by atoms with E-state index >= 15 is 0 Å². The molecule has 4 heteroatoms. The van der Waals surface area contributed by atoms with Crippen molar-refractivity contribution in [3.8, 4) is 11.1 Å². The van der Waals surface area contributed by atoms with E-state index in [1.165, 1.54) is 21.9 Å². The molecule has 4 nitrogen and oxygen atoms in total. The van der Waals surface area contributed by atoms with Gasteiger partial charge in [-0.05, 0) is 51.7 Å². The smallest absolute Gasteiger partial charge is 0.159 e. The summed E-state index contributed by atoms with van der Waals surface area (Å²) < 4.78 is 6.18. The second-order valence-electron chi connectivity index (χ2n) is 10.3. The van der Waals surface area contributed by atoms with Crippen LogP contribution in [-0.2, 0) is 0 Å². The summed E-state index contributed by atoms with van der Waals surface area (Å²) in [6.07, 6.45) is -0.302. The number of nitrogens with zero attached hydrogens (tertiary/aromatic N) is 2. The molecule has 0 amide bonds. The molecule has 1 aromatic heterocycles. The van der Waals surface area contributed by atoms with Crippen LogP contribution in [0.1, 0.15) is 22.9 Å². The molecule has 0 radical (unpaired) electrons. The molecule has 1 N–H and O–H groups in total. The first-order valence-corrected chi connectivity index (χ1v) is 13.8. The van der Waals surface area contributed by atoms with Gasteiger partial charge in [0.15, 0.2) is 5.84 Å². The van der Waals surface area contributed by atoms with E-state index < -0.39 is 0 Å². The van der Waals surface area contributed by atoms with Gasteiger partial charge in [-0.15, -0.1) is 0 Å². The van der Waals surface area contributed by atoms with Crippen molar-refractivity contribution in [3.05, 3.63) is 156 Å². The Morgan fingerprint density at radius 1 is 0.561 bits per heavy atom. The molecule has 7 aromatic rings. The molecule has 2 heterocycles. The first-order chi connectivity index (χ1) is 20.3. The quantitative estimate of drug-likeness (QED) is 0.248. The number of fused-ring (bicyclic) bond motifs is 4. The standard InChI is InChI=1S/C37H25N3O/c1-3-10-24(11-4-1)26-18-19-28-23-29(21-20-27(28)22-26)36-38-35(25-12-5-2-6-13-25)39-37(40-36)31-15-9-17-33-34(31)30-14-7-8-16-32(30)41-33/h1-23,36H,(H,38,39,40). The van der Waals surface area contributed by atoms with Gasteiger partial charge in [-0.2, -0.15) is 0 Å². The van der Waals surface area contributed by atoms with Crippen molar-refractivity contribution < 1.29 is 4.42 Å². The number of aliphatic imine (C=N–C) groups is 2. The molecule has 8 rings (SSSR count). The Kier molecular flexibility index (Phi) is 5.49. The fraction of sp³-hybridized carbons (Fsp3) is 0.0270. The Balaban J connectivity index is 1.24. The lowest BCUT2D eigenvalue weighted by Gasteiger charge is -2.24. The minimum atomic E-state index is -0.302. The molecule has 1 aliphatic heterocycles. The van der Waals surface area contributed by atoms with Crippen LogP contribution in [0.25, 0.3) is 43.8 Å². The van der Waals surface area contributed by atoms with E-state index in [9.17, 15) is 0 Å². The van der Waals surface area contributed by atoms with Gasteiger partial charge >= 0.3 is 0 Å². The molecule has 0 bridgehead atoms. The van der Waals surface area contributed by atoms with Crippen LogP contribution in [0.2, 0.25) is 0 Å². The fourth-order valence-corrected chi connectivity index (χ4v) is 5.69. The number of amidine groups is 2. The van der Waals surface area contributed by atoms with Gasteiger partial charge < -0.3 is 9.73 Å². The Morgan fingerprint density at radius 2 is 1.27 bits per heavy atom. The number of nitrogens with one attached hydrogen (secondary N) is 1. The van der Waals surface area contributed by atoms with E-state index in [1.807, 2.05) is 54.6 Å². The van der Waals surface area contributed by atoms with Crippen molar-refractivity contribution in [2.75, 3.05) is 0 Å². The van der Waals surface area contributed by atoms with Gasteiger partial charge in [0.05, 0.1) is 0 Å². The molecule has 0 aliphatic carbocycles. The van der Waals surface area contributed by atoms with E-state index in [4.69, 9.17) is 14.4 Å². The van der Waals surface area contributed by atoms with Crippen molar-refractivity contribution in [2.45, 2.75) is 6.17 Å². The molecule has 0 fully saturated rings. The van der Waals surface area contributed by atoms with Crippen LogP contribution in [0.15, 0.2) is 154 Å². The summed E-state index contributed by atoms with van der Waals surface area (Å²) in [5.74, 6) is 1.48. The van der Waals surface area contributed by atoms with Gasteiger partial charge in [-0.3, -0.25) is 0 Å². The predicted octanol–water partition coefficient (Wildman–Crippen LogP) is 8.90. The van der Waals surface area contributed by atoms with Crippen molar-refractivity contribution >= 4 is 44.4 Å². The van der Waals surface area contributed by atoms with Gasteiger partial charge in [-0.25, -0.2) is 9.98 Å². The zero-order valence-electron chi connectivity index (χ0n) is 22.2. The highest BCUT2D eigenvalue weighted by Gasteiger charge is 2.24. The van der Waals surface area contributed by atoms with Crippen LogP contribution in [-0.4, -0.2) is 11.7 Å². The minimum absolute atomic E-state index is 0.302. The molecule has 41 heavy (non-hydrogen) atoms. The normalized spacial score (nSPS) is 15.1. The number of furan rings is 1. The molecule has 1 atom stereocenters. The van der Waals surface area contributed by atoms with E-state index in [1.54, 1.807) is 0 Å². The highest BCUT2D eigenvalue weighted by molar-refractivity contribution is 6.21. The summed E-state index contributed by atoms with van der Waals surface area (Å²) in [6, 6.07) is 48.2. The third-order valence-electron chi connectivity index (χ3n) is 7.72. The lowest BCUT2D eigenvalue weighted by atomic mass is 9.99. The highest BCUT2D eigenvalue weighted by atomic mass is 16.3. The van der Waals surface area contributed by atoms with Gasteiger partial charge in [0.1, 0.15) is 23.2 Å². The van der Waals surface area contributed by atoms with Gasteiger partial charge in [-0.1, -0.05) is 115 Å². The minimum Gasteiger partial charge on any atom is -0.456 e. The second kappa shape index (κ2) is 9.61. The maximum atomic E-state index is 6.18. The Labute approximate surface area is 237 Å². The summed E-state index contributed by atoms with van der Waals surface area (Å²) in [5.41, 5.74) is 7.18. The van der Waals surface area contributed by atoms with Crippen LogP contribution >= 0.6 is 0 Å². The van der Waals surface area contributed by atoms with Crippen LogP contribution in [0.5, 0.6) is 0 Å². The molecule has 0 spiro atoms. The van der Waals surface area contributed by atoms with Crippen molar-refractivity contribution in [1.82, 2.24) is 5.32 Å². The molecule has 0 saturated carbocycles. The molecule has 194 valence electrons. The van der Waals surface area contributed by atoms with E-state index in [0.717, 1.165) is 44.5 Å². The maximum absolute atomic E-state index is 6.18. The van der Waals surface area contributed by atoms with Crippen molar-refractivity contribution in [2.24, 2.45) is 9.98 Å². The summed E-state index contributed by atoms with van der Waals surface area (Å²) in [5, 5.41) is 8.15. The van der Waals surface area contributed by atoms with Gasteiger partial charge in [0, 0.05) is 21.9 Å². The number of rotatable bonds is 4. The predicted molar refractivity (Wildman–Crippen MR) is 168 cm³/mol. The average Bonchev–Trinajstić information content (AvgIpc) is 3.44. The Morgan fingerprint density at radius 3 is 2.12 bits per heavy atom. The summed E-state index contributed by atoms with van der Waals surface area (Å²) in [7, 11) is 0. The zero-order chi connectivity index (χ0) is 27.2.